The summed E-state index contributed by atoms with van der Waals surface area (Å²) in [6.45, 7) is 7.14. The maximum Gasteiger partial charge on any atom is 0.265 e. The van der Waals surface area contributed by atoms with E-state index in [4.69, 9.17) is 9.72 Å². The zero-order chi connectivity index (χ0) is 20.4. The van der Waals surface area contributed by atoms with Crippen LogP contribution in [0.2, 0.25) is 0 Å². The third-order valence-electron chi connectivity index (χ3n) is 5.20. The van der Waals surface area contributed by atoms with Crippen molar-refractivity contribution in [2.75, 3.05) is 11.5 Å². The van der Waals surface area contributed by atoms with E-state index in [1.807, 2.05) is 23.1 Å². The van der Waals surface area contributed by atoms with Gasteiger partial charge in [-0.05, 0) is 48.1 Å². The molecule has 0 bridgehead atoms. The Kier molecular flexibility index (Phi) is 5.67. The normalized spacial score (nSPS) is 13.5. The van der Waals surface area contributed by atoms with Crippen LogP contribution in [0.25, 0.3) is 11.3 Å². The van der Waals surface area contributed by atoms with Gasteiger partial charge in [0.15, 0.2) is 6.61 Å². The molecule has 2 heterocycles. The average molecular weight is 407 g/mol. The van der Waals surface area contributed by atoms with Crippen LogP contribution >= 0.6 is 11.3 Å². The van der Waals surface area contributed by atoms with Gasteiger partial charge in [-0.25, -0.2) is 4.98 Å². The van der Waals surface area contributed by atoms with E-state index in [9.17, 15) is 4.79 Å². The molecule has 5 heteroatoms. The number of amides is 1. The monoisotopic (exact) mass is 406 g/mol. The topological polar surface area (TPSA) is 42.4 Å². The molecular formula is C24H26N2O2S. The van der Waals surface area contributed by atoms with Gasteiger partial charge in [-0.3, -0.25) is 4.79 Å². The standard InChI is InChI=1S/C24H26N2O2S/c1-4-5-23-25-20(15-29-23)19-10-11-22-21(12-19)26(24(27)14-28-22)13-17-6-8-18(9-7-17)16(2)3/h6-12,15-16H,4-5,13-14H2,1-3H3. The van der Waals surface area contributed by atoms with Gasteiger partial charge in [-0.2, -0.15) is 0 Å². The van der Waals surface area contributed by atoms with Gasteiger partial charge in [0.2, 0.25) is 0 Å². The van der Waals surface area contributed by atoms with E-state index in [0.29, 0.717) is 12.5 Å². The number of nitrogens with zero attached hydrogens (tertiary/aromatic N) is 2. The van der Waals surface area contributed by atoms with Crippen molar-refractivity contribution in [1.29, 1.82) is 0 Å². The van der Waals surface area contributed by atoms with E-state index in [2.05, 4.69) is 50.4 Å². The van der Waals surface area contributed by atoms with Gasteiger partial charge in [-0.1, -0.05) is 45.0 Å². The lowest BCUT2D eigenvalue weighted by atomic mass is 10.0. The first-order valence-electron chi connectivity index (χ1n) is 10.2. The lowest BCUT2D eigenvalue weighted by Crippen LogP contribution is -2.38. The number of benzene rings is 2. The highest BCUT2D eigenvalue weighted by Crippen LogP contribution is 2.37. The average Bonchev–Trinajstić information content (AvgIpc) is 3.19. The summed E-state index contributed by atoms with van der Waals surface area (Å²) in [7, 11) is 0. The van der Waals surface area contributed by atoms with Crippen molar-refractivity contribution in [3.05, 3.63) is 64.0 Å². The second kappa shape index (κ2) is 8.37. The summed E-state index contributed by atoms with van der Waals surface area (Å²) in [6, 6.07) is 14.5. The fraction of sp³-hybridized carbons (Fsp3) is 0.333. The van der Waals surface area contributed by atoms with Crippen LogP contribution < -0.4 is 9.64 Å². The highest BCUT2D eigenvalue weighted by Gasteiger charge is 2.26. The molecule has 0 saturated carbocycles. The quantitative estimate of drug-likeness (QED) is 0.519. The number of anilines is 1. The number of ether oxygens (including phenoxy) is 1. The Morgan fingerprint density at radius 1 is 1.17 bits per heavy atom. The van der Waals surface area contributed by atoms with Crippen LogP contribution in [0, 0.1) is 0 Å². The molecule has 0 spiro atoms. The van der Waals surface area contributed by atoms with Crippen molar-refractivity contribution >= 4 is 22.9 Å². The number of hydrogen-bond acceptors (Lipinski definition) is 4. The van der Waals surface area contributed by atoms with Gasteiger partial charge in [0, 0.05) is 10.9 Å². The maximum absolute atomic E-state index is 12.7. The van der Waals surface area contributed by atoms with Gasteiger partial charge in [0.1, 0.15) is 5.75 Å². The van der Waals surface area contributed by atoms with Gasteiger partial charge in [0.25, 0.3) is 5.91 Å². The molecule has 0 radical (unpaired) electrons. The SMILES string of the molecule is CCCc1nc(-c2ccc3c(c2)N(Cc2ccc(C(C)C)cc2)C(=O)CO3)cs1. The second-order valence-corrected chi connectivity index (χ2v) is 8.67. The van der Waals surface area contributed by atoms with Crippen LogP contribution in [0.15, 0.2) is 47.8 Å². The predicted octanol–water partition coefficient (Wildman–Crippen LogP) is 5.81. The molecular weight excluding hydrogens is 380 g/mol. The number of carbonyl (C=O) groups is 1. The largest absolute Gasteiger partial charge is 0.482 e. The van der Waals surface area contributed by atoms with Crippen molar-refractivity contribution in [2.45, 2.75) is 46.1 Å². The van der Waals surface area contributed by atoms with Crippen LogP contribution in [0.4, 0.5) is 5.69 Å². The second-order valence-electron chi connectivity index (χ2n) is 7.72. The Labute approximate surface area is 176 Å². The Morgan fingerprint density at radius 3 is 2.69 bits per heavy atom. The molecule has 29 heavy (non-hydrogen) atoms. The lowest BCUT2D eigenvalue weighted by Gasteiger charge is -2.30. The third kappa shape index (κ3) is 4.20. The summed E-state index contributed by atoms with van der Waals surface area (Å²) in [4.78, 5) is 19.2. The molecule has 0 aliphatic carbocycles. The molecule has 1 aromatic heterocycles. The van der Waals surface area contributed by atoms with E-state index < -0.39 is 0 Å². The number of carbonyl (C=O) groups excluding carboxylic acids is 1. The summed E-state index contributed by atoms with van der Waals surface area (Å²) in [6.07, 6.45) is 2.08. The minimum Gasteiger partial charge on any atom is -0.482 e. The highest BCUT2D eigenvalue weighted by atomic mass is 32.1. The van der Waals surface area contributed by atoms with E-state index in [-0.39, 0.29) is 12.5 Å². The molecule has 0 atom stereocenters. The van der Waals surface area contributed by atoms with Crippen molar-refractivity contribution in [3.63, 3.8) is 0 Å². The fourth-order valence-corrected chi connectivity index (χ4v) is 4.41. The summed E-state index contributed by atoms with van der Waals surface area (Å²) < 4.78 is 5.68. The summed E-state index contributed by atoms with van der Waals surface area (Å²) in [5.41, 5.74) is 5.20. The van der Waals surface area contributed by atoms with Crippen LogP contribution in [-0.4, -0.2) is 17.5 Å². The van der Waals surface area contributed by atoms with Crippen LogP contribution in [0.1, 0.15) is 49.2 Å². The molecule has 1 aliphatic rings. The summed E-state index contributed by atoms with van der Waals surface area (Å²) in [5.74, 6) is 1.22. The molecule has 0 unspecified atom stereocenters. The lowest BCUT2D eigenvalue weighted by molar-refractivity contribution is -0.121. The summed E-state index contributed by atoms with van der Waals surface area (Å²) >= 11 is 1.69. The van der Waals surface area contributed by atoms with Crippen molar-refractivity contribution in [3.8, 4) is 17.0 Å². The number of fused-ring (bicyclic) bond motifs is 1. The molecule has 0 N–H and O–H groups in total. The number of hydrogen-bond donors (Lipinski definition) is 0. The zero-order valence-electron chi connectivity index (χ0n) is 17.1. The number of aromatic nitrogens is 1. The number of thiazole rings is 1. The Balaban J connectivity index is 1.63. The molecule has 0 fully saturated rings. The third-order valence-corrected chi connectivity index (χ3v) is 6.11. The molecule has 2 aromatic carbocycles. The van der Waals surface area contributed by atoms with Gasteiger partial charge in [-0.15, -0.1) is 11.3 Å². The van der Waals surface area contributed by atoms with E-state index in [1.54, 1.807) is 11.3 Å². The molecule has 1 amide bonds. The Hall–Kier alpha value is -2.66. The Bertz CT molecular complexity index is 1010. The van der Waals surface area contributed by atoms with Crippen molar-refractivity contribution in [2.24, 2.45) is 0 Å². The first-order valence-corrected chi connectivity index (χ1v) is 11.0. The van der Waals surface area contributed by atoms with Crippen molar-refractivity contribution in [1.82, 2.24) is 4.98 Å². The van der Waals surface area contributed by atoms with E-state index in [1.165, 1.54) is 5.56 Å². The molecule has 4 rings (SSSR count). The Morgan fingerprint density at radius 2 is 1.97 bits per heavy atom. The van der Waals surface area contributed by atoms with Gasteiger partial charge < -0.3 is 9.64 Å². The van der Waals surface area contributed by atoms with Crippen LogP contribution in [0.3, 0.4) is 0 Å². The number of aryl methyl sites for hydroxylation is 1. The fourth-order valence-electron chi connectivity index (χ4n) is 3.50. The van der Waals surface area contributed by atoms with Crippen LogP contribution in [-0.2, 0) is 17.8 Å². The first-order chi connectivity index (χ1) is 14.0. The molecule has 4 nitrogen and oxygen atoms in total. The van der Waals surface area contributed by atoms with E-state index in [0.717, 1.165) is 46.1 Å². The van der Waals surface area contributed by atoms with Gasteiger partial charge in [0.05, 0.1) is 22.9 Å². The maximum atomic E-state index is 12.7. The number of rotatable bonds is 6. The minimum absolute atomic E-state index is 0.0208. The van der Waals surface area contributed by atoms with Gasteiger partial charge >= 0.3 is 0 Å². The highest BCUT2D eigenvalue weighted by molar-refractivity contribution is 7.09. The predicted molar refractivity (Wildman–Crippen MR) is 119 cm³/mol. The molecule has 150 valence electrons. The molecule has 3 aromatic rings. The smallest absolute Gasteiger partial charge is 0.265 e. The van der Waals surface area contributed by atoms with E-state index >= 15 is 0 Å². The molecule has 0 saturated heterocycles. The van der Waals surface area contributed by atoms with Crippen LogP contribution in [0.5, 0.6) is 5.75 Å². The minimum atomic E-state index is -0.0208. The zero-order valence-corrected chi connectivity index (χ0v) is 18.0. The molecule has 1 aliphatic heterocycles. The summed E-state index contributed by atoms with van der Waals surface area (Å²) in [5, 5.41) is 3.24. The first kappa shape index (κ1) is 19.6. The van der Waals surface area contributed by atoms with Crippen molar-refractivity contribution < 1.29 is 9.53 Å².